The molecule has 0 amide bonds. The van der Waals surface area contributed by atoms with Gasteiger partial charge in [0.15, 0.2) is 0 Å². The summed E-state index contributed by atoms with van der Waals surface area (Å²) in [6.45, 7) is 5.73. The zero-order chi connectivity index (χ0) is 8.86. The maximum absolute atomic E-state index is 5.79. The first kappa shape index (κ1) is 10.3. The molecule has 0 aromatic rings. The topological polar surface area (TPSA) is 9.23 Å². The van der Waals surface area contributed by atoms with E-state index in [1.165, 1.54) is 30.4 Å². The molecule has 72 valence electrons. The first-order valence-corrected chi connectivity index (χ1v) is 5.26. The third-order valence-electron chi connectivity index (χ3n) is 2.84. The molecule has 0 unspecified atom stereocenters. The molecule has 1 fully saturated rings. The minimum absolute atomic E-state index is 0.781. The molecule has 0 aromatic carbocycles. The molecule has 0 atom stereocenters. The molecule has 12 heavy (non-hydrogen) atoms. The summed E-state index contributed by atoms with van der Waals surface area (Å²) in [5.41, 5.74) is 0. The molecule has 1 aliphatic heterocycles. The predicted molar refractivity (Wildman–Crippen MR) is 51.6 cm³/mol. The van der Waals surface area contributed by atoms with Gasteiger partial charge in [0.05, 0.1) is 32.1 Å². The summed E-state index contributed by atoms with van der Waals surface area (Å²) in [6, 6.07) is 0. The van der Waals surface area contributed by atoms with Gasteiger partial charge < -0.3 is 9.22 Å². The van der Waals surface area contributed by atoms with Crippen molar-refractivity contribution in [1.82, 2.24) is 0 Å². The molecule has 0 saturated carbocycles. The van der Waals surface area contributed by atoms with Crippen LogP contribution in [0.4, 0.5) is 0 Å². The predicted octanol–water partition coefficient (Wildman–Crippen LogP) is 1.48. The summed E-state index contributed by atoms with van der Waals surface area (Å²) in [5, 5.41) is 0. The lowest BCUT2D eigenvalue weighted by Gasteiger charge is -2.33. The monoisotopic (exact) mass is 192 g/mol. The van der Waals surface area contributed by atoms with Gasteiger partial charge in [0, 0.05) is 20.0 Å². The van der Waals surface area contributed by atoms with Crippen molar-refractivity contribution >= 4 is 11.6 Å². The number of quaternary nitrogens is 1. The van der Waals surface area contributed by atoms with Gasteiger partial charge in [0.1, 0.15) is 6.54 Å². The van der Waals surface area contributed by atoms with E-state index in [0.29, 0.717) is 0 Å². The summed E-state index contributed by atoms with van der Waals surface area (Å²) in [5.74, 6) is 0.781. The van der Waals surface area contributed by atoms with E-state index in [9.17, 15) is 0 Å². The standard InChI is InChI=1S/C9H19ClNO/c1-12-9-8-11(7-4-10)5-2-3-6-11/h2-9H2,1H3/q+1. The third kappa shape index (κ3) is 2.61. The van der Waals surface area contributed by atoms with Crippen molar-refractivity contribution in [1.29, 1.82) is 0 Å². The van der Waals surface area contributed by atoms with E-state index < -0.39 is 0 Å². The van der Waals surface area contributed by atoms with Gasteiger partial charge in [-0.15, -0.1) is 11.6 Å². The summed E-state index contributed by atoms with van der Waals surface area (Å²) < 4.78 is 6.31. The van der Waals surface area contributed by atoms with Crippen molar-refractivity contribution in [3.63, 3.8) is 0 Å². The SMILES string of the molecule is COCC[N+]1(CCCl)CCCC1. The molecular formula is C9H19ClNO+. The molecule has 0 aliphatic carbocycles. The Labute approximate surface area is 80.0 Å². The van der Waals surface area contributed by atoms with Crippen LogP contribution in [-0.2, 0) is 4.74 Å². The molecule has 0 spiro atoms. The average Bonchev–Trinajstić information content (AvgIpc) is 2.51. The zero-order valence-corrected chi connectivity index (χ0v) is 8.65. The van der Waals surface area contributed by atoms with Crippen LogP contribution in [0.15, 0.2) is 0 Å². The van der Waals surface area contributed by atoms with Crippen LogP contribution in [0.2, 0.25) is 0 Å². The Morgan fingerprint density at radius 2 is 1.92 bits per heavy atom. The molecule has 1 aliphatic rings. The molecule has 0 bridgehead atoms. The normalized spacial score (nSPS) is 21.5. The molecular weight excluding hydrogens is 174 g/mol. The lowest BCUT2D eigenvalue weighted by atomic mass is 10.4. The van der Waals surface area contributed by atoms with E-state index in [1.54, 1.807) is 7.11 Å². The highest BCUT2D eigenvalue weighted by molar-refractivity contribution is 6.17. The van der Waals surface area contributed by atoms with Crippen molar-refractivity contribution in [3.05, 3.63) is 0 Å². The molecule has 1 saturated heterocycles. The molecule has 0 radical (unpaired) electrons. The third-order valence-corrected chi connectivity index (χ3v) is 3.01. The highest BCUT2D eigenvalue weighted by Gasteiger charge is 2.30. The molecule has 0 N–H and O–H groups in total. The number of halogens is 1. The van der Waals surface area contributed by atoms with Gasteiger partial charge in [-0.2, -0.15) is 0 Å². The number of methoxy groups -OCH3 is 1. The van der Waals surface area contributed by atoms with Crippen molar-refractivity contribution < 1.29 is 9.22 Å². The van der Waals surface area contributed by atoms with Crippen molar-refractivity contribution in [2.24, 2.45) is 0 Å². The van der Waals surface area contributed by atoms with E-state index in [4.69, 9.17) is 16.3 Å². The number of hydrogen-bond donors (Lipinski definition) is 0. The van der Waals surface area contributed by atoms with Gasteiger partial charge in [0.2, 0.25) is 0 Å². The first-order valence-electron chi connectivity index (χ1n) is 4.73. The molecule has 1 rings (SSSR count). The highest BCUT2D eigenvalue weighted by Crippen LogP contribution is 2.18. The maximum atomic E-state index is 5.79. The molecule has 3 heteroatoms. The minimum atomic E-state index is 0.781. The van der Waals surface area contributed by atoms with Crippen LogP contribution in [0.1, 0.15) is 12.8 Å². The van der Waals surface area contributed by atoms with E-state index in [0.717, 1.165) is 25.6 Å². The maximum Gasteiger partial charge on any atom is 0.102 e. The number of ether oxygens (including phenoxy) is 1. The summed E-state index contributed by atoms with van der Waals surface area (Å²) >= 11 is 5.79. The van der Waals surface area contributed by atoms with Gasteiger partial charge in [-0.3, -0.25) is 0 Å². The lowest BCUT2D eigenvalue weighted by Crippen LogP contribution is -2.48. The second-order valence-electron chi connectivity index (χ2n) is 3.62. The smallest absolute Gasteiger partial charge is 0.102 e. The summed E-state index contributed by atoms with van der Waals surface area (Å²) in [7, 11) is 1.77. The van der Waals surface area contributed by atoms with E-state index >= 15 is 0 Å². The fraction of sp³-hybridized carbons (Fsp3) is 1.00. The molecule has 1 heterocycles. The quantitative estimate of drug-likeness (QED) is 0.474. The van der Waals surface area contributed by atoms with E-state index in [-0.39, 0.29) is 0 Å². The van der Waals surface area contributed by atoms with Crippen LogP contribution in [0.5, 0.6) is 0 Å². The largest absolute Gasteiger partial charge is 0.379 e. The van der Waals surface area contributed by atoms with Gasteiger partial charge in [-0.1, -0.05) is 0 Å². The van der Waals surface area contributed by atoms with Crippen molar-refractivity contribution in [3.8, 4) is 0 Å². The minimum Gasteiger partial charge on any atom is -0.379 e. The van der Waals surface area contributed by atoms with Crippen LogP contribution in [0, 0.1) is 0 Å². The lowest BCUT2D eigenvalue weighted by molar-refractivity contribution is -0.914. The molecule has 2 nitrogen and oxygen atoms in total. The number of alkyl halides is 1. The second-order valence-corrected chi connectivity index (χ2v) is 4.00. The number of likely N-dealkylation sites (tertiary alicyclic amines) is 1. The number of nitrogens with zero attached hydrogens (tertiary/aromatic N) is 1. The van der Waals surface area contributed by atoms with Gasteiger partial charge in [-0.25, -0.2) is 0 Å². The molecule has 0 aromatic heterocycles. The van der Waals surface area contributed by atoms with Crippen LogP contribution in [0.3, 0.4) is 0 Å². The highest BCUT2D eigenvalue weighted by atomic mass is 35.5. The van der Waals surface area contributed by atoms with Crippen molar-refractivity contribution in [2.45, 2.75) is 12.8 Å². The zero-order valence-electron chi connectivity index (χ0n) is 7.89. The Hall–Kier alpha value is 0.210. The Morgan fingerprint density at radius 1 is 1.25 bits per heavy atom. The average molecular weight is 193 g/mol. The van der Waals surface area contributed by atoms with E-state index in [2.05, 4.69) is 0 Å². The Morgan fingerprint density at radius 3 is 2.42 bits per heavy atom. The van der Waals surface area contributed by atoms with Crippen LogP contribution in [-0.4, -0.2) is 50.3 Å². The van der Waals surface area contributed by atoms with Crippen molar-refractivity contribution in [2.75, 3.05) is 45.8 Å². The summed E-state index contributed by atoms with van der Waals surface area (Å²) in [4.78, 5) is 0. The number of hydrogen-bond acceptors (Lipinski definition) is 1. The van der Waals surface area contributed by atoms with Gasteiger partial charge >= 0.3 is 0 Å². The Kier molecular flexibility index (Phi) is 4.33. The van der Waals surface area contributed by atoms with Gasteiger partial charge in [0.25, 0.3) is 0 Å². The van der Waals surface area contributed by atoms with Crippen LogP contribution in [0.25, 0.3) is 0 Å². The second kappa shape index (κ2) is 5.05. The fourth-order valence-corrected chi connectivity index (χ4v) is 2.39. The Balaban J connectivity index is 2.35. The van der Waals surface area contributed by atoms with Crippen LogP contribution >= 0.6 is 11.6 Å². The first-order chi connectivity index (χ1) is 5.83. The van der Waals surface area contributed by atoms with Gasteiger partial charge in [-0.05, 0) is 0 Å². The Bertz CT molecular complexity index is 124. The summed E-state index contributed by atoms with van der Waals surface area (Å²) in [6.07, 6.45) is 2.72. The van der Waals surface area contributed by atoms with E-state index in [1.807, 2.05) is 0 Å². The van der Waals surface area contributed by atoms with Crippen LogP contribution < -0.4 is 0 Å². The fourth-order valence-electron chi connectivity index (χ4n) is 2.03. The number of rotatable bonds is 5.